The van der Waals surface area contributed by atoms with Crippen LogP contribution in [0.25, 0.3) is 0 Å². The van der Waals surface area contributed by atoms with Crippen LogP contribution in [0, 0.1) is 17.7 Å². The van der Waals surface area contributed by atoms with Gasteiger partial charge in [-0.05, 0) is 38.7 Å². The molecule has 0 heterocycles. The lowest BCUT2D eigenvalue weighted by Gasteiger charge is -2.18. The Morgan fingerprint density at radius 1 is 1.32 bits per heavy atom. The van der Waals surface area contributed by atoms with E-state index in [4.69, 9.17) is 26.8 Å². The molecule has 6 nitrogen and oxygen atoms in total. The first-order chi connectivity index (χ1) is 13.3. The molecule has 2 rings (SSSR count). The van der Waals surface area contributed by atoms with Crippen molar-refractivity contribution in [1.82, 2.24) is 0 Å². The molecule has 0 saturated heterocycles. The highest BCUT2D eigenvalue weighted by molar-refractivity contribution is 6.32. The molecule has 0 saturated carbocycles. The molecule has 0 fully saturated rings. The van der Waals surface area contributed by atoms with Crippen LogP contribution in [-0.2, 0) is 14.3 Å². The molecule has 0 bridgehead atoms. The largest absolute Gasteiger partial charge is 0.479 e. The van der Waals surface area contributed by atoms with Gasteiger partial charge in [-0.3, -0.25) is 9.59 Å². The van der Waals surface area contributed by atoms with E-state index in [2.05, 4.69) is 17.2 Å². The average Bonchev–Trinajstić information content (AvgIpc) is 2.67. The molecule has 3 N–H and O–H groups in total. The Kier molecular flexibility index (Phi) is 7.85. The first-order valence-electron chi connectivity index (χ1n) is 8.79. The Bertz CT molecular complexity index is 858. The van der Waals surface area contributed by atoms with Crippen LogP contribution in [0.1, 0.15) is 32.6 Å². The zero-order valence-corrected chi connectivity index (χ0v) is 16.5. The first-order valence-corrected chi connectivity index (χ1v) is 9.17. The third kappa shape index (κ3) is 5.72. The Labute approximate surface area is 168 Å². The number of benzene rings is 1. The molecule has 0 radical (unpaired) electrons. The van der Waals surface area contributed by atoms with Gasteiger partial charge in [0.05, 0.1) is 10.7 Å². The number of rotatable bonds is 6. The molecule has 2 amide bonds. The second kappa shape index (κ2) is 10.1. The number of carbonyl (C=O) groups is 2. The highest BCUT2D eigenvalue weighted by Crippen LogP contribution is 2.32. The molecule has 1 aromatic carbocycles. The molecule has 1 aliphatic carbocycles. The van der Waals surface area contributed by atoms with E-state index in [1.165, 1.54) is 13.2 Å². The van der Waals surface area contributed by atoms with Crippen molar-refractivity contribution in [3.63, 3.8) is 0 Å². The second-order valence-corrected chi connectivity index (χ2v) is 6.64. The number of anilines is 1. The summed E-state index contributed by atoms with van der Waals surface area (Å²) in [5, 5.41) is 2.52. The van der Waals surface area contributed by atoms with Gasteiger partial charge in [0, 0.05) is 24.3 Å². The van der Waals surface area contributed by atoms with Crippen LogP contribution in [0.4, 0.5) is 10.1 Å². The number of amides is 2. The van der Waals surface area contributed by atoms with Gasteiger partial charge in [-0.2, -0.15) is 0 Å². The fourth-order valence-electron chi connectivity index (χ4n) is 2.72. The number of nitrogens with two attached hydrogens (primary N) is 1. The van der Waals surface area contributed by atoms with Gasteiger partial charge in [0.15, 0.2) is 0 Å². The van der Waals surface area contributed by atoms with Gasteiger partial charge in [-0.25, -0.2) is 4.39 Å². The van der Waals surface area contributed by atoms with Crippen LogP contribution in [0.15, 0.2) is 23.3 Å². The Morgan fingerprint density at radius 3 is 2.64 bits per heavy atom. The number of halogens is 2. The van der Waals surface area contributed by atoms with Gasteiger partial charge in [0.1, 0.15) is 24.3 Å². The Balaban J connectivity index is 2.18. The molecule has 1 aromatic rings. The summed E-state index contributed by atoms with van der Waals surface area (Å²) in [4.78, 5) is 24.1. The predicted molar refractivity (Wildman–Crippen MR) is 104 cm³/mol. The third-order valence-electron chi connectivity index (χ3n) is 4.27. The maximum absolute atomic E-state index is 14.2. The SMILES string of the molecule is COC(C)C#CCOc1cc(NC(=O)C2=C(C(N)=O)CCCC2)c(F)cc1Cl. The van der Waals surface area contributed by atoms with Gasteiger partial charge < -0.3 is 20.5 Å². The number of nitrogens with one attached hydrogen (secondary N) is 1. The summed E-state index contributed by atoms with van der Waals surface area (Å²) in [7, 11) is 1.54. The lowest BCUT2D eigenvalue weighted by molar-refractivity contribution is -0.116. The van der Waals surface area contributed by atoms with Crippen molar-refractivity contribution in [3.05, 3.63) is 34.1 Å². The normalized spacial score (nSPS) is 14.7. The van der Waals surface area contributed by atoms with Gasteiger partial charge in [0.2, 0.25) is 5.91 Å². The summed E-state index contributed by atoms with van der Waals surface area (Å²) in [5.74, 6) is 3.83. The summed E-state index contributed by atoms with van der Waals surface area (Å²) in [5.41, 5.74) is 5.82. The molecule has 1 aliphatic rings. The molecular formula is C20H22ClFN2O4. The summed E-state index contributed by atoms with van der Waals surface area (Å²) in [6.07, 6.45) is 2.15. The molecular weight excluding hydrogens is 387 g/mol. The van der Waals surface area contributed by atoms with Crippen molar-refractivity contribution in [2.24, 2.45) is 5.73 Å². The maximum Gasteiger partial charge on any atom is 0.252 e. The molecule has 0 spiro atoms. The van der Waals surface area contributed by atoms with Crippen molar-refractivity contribution in [2.75, 3.05) is 19.0 Å². The van der Waals surface area contributed by atoms with E-state index in [-0.39, 0.29) is 40.3 Å². The van der Waals surface area contributed by atoms with E-state index in [0.29, 0.717) is 12.8 Å². The van der Waals surface area contributed by atoms with Gasteiger partial charge in [-0.15, -0.1) is 0 Å². The number of primary amides is 1. The van der Waals surface area contributed by atoms with Crippen LogP contribution in [0.3, 0.4) is 0 Å². The minimum Gasteiger partial charge on any atom is -0.479 e. The topological polar surface area (TPSA) is 90.7 Å². The van der Waals surface area contributed by atoms with Crippen LogP contribution in [0.5, 0.6) is 5.75 Å². The Morgan fingerprint density at radius 2 is 2.00 bits per heavy atom. The average molecular weight is 409 g/mol. The quantitative estimate of drug-likeness (QED) is 0.707. The van der Waals surface area contributed by atoms with Gasteiger partial charge >= 0.3 is 0 Å². The van der Waals surface area contributed by atoms with Crippen LogP contribution in [-0.4, -0.2) is 31.6 Å². The predicted octanol–water partition coefficient (Wildman–Crippen LogP) is 3.19. The zero-order chi connectivity index (χ0) is 20.7. The number of carbonyl (C=O) groups excluding carboxylic acids is 2. The van der Waals surface area contributed by atoms with Crippen LogP contribution >= 0.6 is 11.6 Å². The Hall–Kier alpha value is -2.56. The van der Waals surface area contributed by atoms with E-state index in [1.807, 2.05) is 0 Å². The van der Waals surface area contributed by atoms with Crippen molar-refractivity contribution < 1.29 is 23.5 Å². The number of ether oxygens (including phenoxy) is 2. The summed E-state index contributed by atoms with van der Waals surface area (Å²) < 4.78 is 24.7. The van der Waals surface area contributed by atoms with E-state index in [1.54, 1.807) is 6.92 Å². The minimum absolute atomic E-state index is 0.0173. The van der Waals surface area contributed by atoms with Crippen molar-refractivity contribution >= 4 is 29.1 Å². The molecule has 1 unspecified atom stereocenters. The number of hydrogen-bond donors (Lipinski definition) is 2. The zero-order valence-electron chi connectivity index (χ0n) is 15.7. The lowest BCUT2D eigenvalue weighted by atomic mass is 9.90. The first kappa shape index (κ1) is 21.7. The standard InChI is InChI=1S/C20H22ClFN2O4/c1-12(27-2)6-5-9-28-18-11-17(16(22)10-15(18)21)24-20(26)14-8-4-3-7-13(14)19(23)25/h10-12H,3-4,7-9H2,1-2H3,(H2,23,25)(H,24,26). The molecule has 150 valence electrons. The molecule has 28 heavy (non-hydrogen) atoms. The second-order valence-electron chi connectivity index (χ2n) is 6.23. The highest BCUT2D eigenvalue weighted by atomic mass is 35.5. The van der Waals surface area contributed by atoms with Crippen molar-refractivity contribution in [1.29, 1.82) is 0 Å². The fourth-order valence-corrected chi connectivity index (χ4v) is 2.92. The summed E-state index contributed by atoms with van der Waals surface area (Å²) in [6, 6.07) is 2.33. The molecule has 0 aliphatic heterocycles. The highest BCUT2D eigenvalue weighted by Gasteiger charge is 2.23. The maximum atomic E-state index is 14.2. The monoisotopic (exact) mass is 408 g/mol. The van der Waals surface area contributed by atoms with Gasteiger partial charge in [0.25, 0.3) is 5.91 Å². The fraction of sp³-hybridized carbons (Fsp3) is 0.400. The van der Waals surface area contributed by atoms with Gasteiger partial charge in [-0.1, -0.05) is 23.4 Å². The number of methoxy groups -OCH3 is 1. The number of hydrogen-bond acceptors (Lipinski definition) is 4. The smallest absolute Gasteiger partial charge is 0.252 e. The van der Waals surface area contributed by atoms with E-state index in [9.17, 15) is 14.0 Å². The van der Waals surface area contributed by atoms with Crippen molar-refractivity contribution in [3.8, 4) is 17.6 Å². The van der Waals surface area contributed by atoms with E-state index >= 15 is 0 Å². The van der Waals surface area contributed by atoms with Crippen LogP contribution < -0.4 is 15.8 Å². The van der Waals surface area contributed by atoms with E-state index < -0.39 is 17.6 Å². The van der Waals surface area contributed by atoms with Crippen molar-refractivity contribution in [2.45, 2.75) is 38.7 Å². The molecule has 0 aromatic heterocycles. The van der Waals surface area contributed by atoms with E-state index in [0.717, 1.165) is 18.9 Å². The molecule has 1 atom stereocenters. The minimum atomic E-state index is -0.721. The lowest BCUT2D eigenvalue weighted by Crippen LogP contribution is -2.25. The summed E-state index contributed by atoms with van der Waals surface area (Å²) >= 11 is 6.00. The summed E-state index contributed by atoms with van der Waals surface area (Å²) in [6.45, 7) is 1.80. The third-order valence-corrected chi connectivity index (χ3v) is 4.56. The molecule has 8 heteroatoms. The van der Waals surface area contributed by atoms with Crippen LogP contribution in [0.2, 0.25) is 5.02 Å².